The number of benzene rings is 2. The number of hydrogen-bond donors (Lipinski definition) is 2. The summed E-state index contributed by atoms with van der Waals surface area (Å²) in [6.45, 7) is 0. The molecular formula is C27H22ClN3O5S. The second-order valence-corrected chi connectivity index (χ2v) is 9.03. The maximum Gasteiger partial charge on any atom is 0.335 e. The summed E-state index contributed by atoms with van der Waals surface area (Å²) in [6, 6.07) is 18.4. The van der Waals surface area contributed by atoms with E-state index in [2.05, 4.69) is 10.3 Å². The Morgan fingerprint density at radius 1 is 1.11 bits per heavy atom. The van der Waals surface area contributed by atoms with Crippen LogP contribution in [0.1, 0.15) is 33.9 Å². The molecule has 0 saturated carbocycles. The number of carboxylic acid groups (broad SMARTS) is 1. The molecule has 2 aromatic carbocycles. The Hall–Kier alpha value is -4.08. The third-order valence-electron chi connectivity index (χ3n) is 6.14. The summed E-state index contributed by atoms with van der Waals surface area (Å²) in [5, 5.41) is 13.6. The first-order valence-corrected chi connectivity index (χ1v) is 12.1. The third kappa shape index (κ3) is 4.59. The van der Waals surface area contributed by atoms with E-state index in [9.17, 15) is 9.90 Å². The van der Waals surface area contributed by atoms with Gasteiger partial charge in [0.2, 0.25) is 0 Å². The van der Waals surface area contributed by atoms with Gasteiger partial charge in [-0.3, -0.25) is 4.98 Å². The van der Waals surface area contributed by atoms with Gasteiger partial charge >= 0.3 is 5.97 Å². The molecule has 0 spiro atoms. The van der Waals surface area contributed by atoms with E-state index in [4.69, 9.17) is 37.7 Å². The summed E-state index contributed by atoms with van der Waals surface area (Å²) >= 11 is 12.2. The molecule has 10 heteroatoms. The summed E-state index contributed by atoms with van der Waals surface area (Å²) in [4.78, 5) is 18.0. The number of anilines is 1. The van der Waals surface area contributed by atoms with Crippen molar-refractivity contribution in [1.29, 1.82) is 0 Å². The van der Waals surface area contributed by atoms with Crippen LogP contribution in [0.4, 0.5) is 5.69 Å². The maximum atomic E-state index is 11.5. The number of methoxy groups -OCH3 is 2. The first-order valence-electron chi connectivity index (χ1n) is 11.3. The van der Waals surface area contributed by atoms with E-state index in [-0.39, 0.29) is 11.6 Å². The summed E-state index contributed by atoms with van der Waals surface area (Å²) < 4.78 is 17.4. The number of thiocarbonyl (C=S) groups is 1. The van der Waals surface area contributed by atoms with Crippen molar-refractivity contribution in [2.75, 3.05) is 19.1 Å². The fourth-order valence-electron chi connectivity index (χ4n) is 4.39. The number of rotatable bonds is 7. The average Bonchev–Trinajstić information content (AvgIpc) is 3.53. The number of carbonyl (C=O) groups is 1. The Morgan fingerprint density at radius 2 is 1.95 bits per heavy atom. The number of aromatic carboxylic acids is 1. The number of pyridine rings is 1. The number of carboxylic acids is 1. The molecule has 5 rings (SSSR count). The van der Waals surface area contributed by atoms with E-state index < -0.39 is 12.0 Å². The van der Waals surface area contributed by atoms with Gasteiger partial charge in [0.1, 0.15) is 29.1 Å². The lowest BCUT2D eigenvalue weighted by Gasteiger charge is -2.27. The maximum absolute atomic E-state index is 11.5. The zero-order valence-electron chi connectivity index (χ0n) is 19.8. The summed E-state index contributed by atoms with van der Waals surface area (Å²) in [5.41, 5.74) is 2.07. The van der Waals surface area contributed by atoms with Crippen LogP contribution in [0.25, 0.3) is 11.3 Å². The minimum Gasteiger partial charge on any atom is -0.497 e. The van der Waals surface area contributed by atoms with Crippen molar-refractivity contribution in [3.05, 3.63) is 95.0 Å². The Kier molecular flexibility index (Phi) is 6.73. The first-order chi connectivity index (χ1) is 17.9. The van der Waals surface area contributed by atoms with Gasteiger partial charge in [-0.2, -0.15) is 0 Å². The Morgan fingerprint density at radius 3 is 2.65 bits per heavy atom. The van der Waals surface area contributed by atoms with Crippen LogP contribution in [-0.4, -0.2) is 35.4 Å². The molecule has 2 aromatic heterocycles. The number of ether oxygens (including phenoxy) is 2. The van der Waals surface area contributed by atoms with E-state index in [0.29, 0.717) is 44.4 Å². The fourth-order valence-corrected chi connectivity index (χ4v) is 4.94. The van der Waals surface area contributed by atoms with E-state index >= 15 is 0 Å². The zero-order valence-corrected chi connectivity index (χ0v) is 21.4. The van der Waals surface area contributed by atoms with Crippen LogP contribution in [0.15, 0.2) is 77.3 Å². The number of furan rings is 1. The molecule has 0 aliphatic carbocycles. The third-order valence-corrected chi connectivity index (χ3v) is 6.79. The number of aromatic nitrogens is 1. The van der Waals surface area contributed by atoms with E-state index in [1.54, 1.807) is 38.6 Å². The lowest BCUT2D eigenvalue weighted by molar-refractivity contribution is 0.0697. The summed E-state index contributed by atoms with van der Waals surface area (Å²) in [6.07, 6.45) is 1.72. The van der Waals surface area contributed by atoms with Gasteiger partial charge in [0, 0.05) is 17.8 Å². The van der Waals surface area contributed by atoms with Crippen LogP contribution >= 0.6 is 23.8 Å². The molecule has 0 unspecified atom stereocenters. The van der Waals surface area contributed by atoms with Crippen LogP contribution in [0.3, 0.4) is 0 Å². The minimum atomic E-state index is -1.05. The summed E-state index contributed by atoms with van der Waals surface area (Å²) in [5.74, 6) is 1.17. The van der Waals surface area contributed by atoms with E-state index in [1.165, 1.54) is 12.1 Å². The fraction of sp³-hybridized carbons (Fsp3) is 0.148. The van der Waals surface area contributed by atoms with Crippen LogP contribution in [0.2, 0.25) is 5.02 Å². The molecule has 0 bridgehead atoms. The second kappa shape index (κ2) is 10.1. The predicted octanol–water partition coefficient (Wildman–Crippen LogP) is 5.89. The molecule has 2 atom stereocenters. The molecule has 1 aliphatic heterocycles. The van der Waals surface area contributed by atoms with Gasteiger partial charge < -0.3 is 29.2 Å². The normalized spacial score (nSPS) is 16.9. The highest BCUT2D eigenvalue weighted by Crippen LogP contribution is 2.46. The largest absolute Gasteiger partial charge is 0.497 e. The number of halogens is 1. The average molecular weight is 536 g/mol. The SMILES string of the molecule is COc1ccc(N2C(=S)N[C@H](c3ccccn3)[C@H]2c2ccc(-c3cc(C(=O)O)ccc3Cl)o2)c(OC)c1. The molecule has 4 aromatic rings. The highest BCUT2D eigenvalue weighted by Gasteiger charge is 2.43. The molecule has 0 amide bonds. The van der Waals surface area contributed by atoms with Crippen molar-refractivity contribution in [3.8, 4) is 22.8 Å². The molecule has 37 heavy (non-hydrogen) atoms. The van der Waals surface area contributed by atoms with Gasteiger partial charge in [-0.25, -0.2) is 4.79 Å². The minimum absolute atomic E-state index is 0.108. The molecule has 8 nitrogen and oxygen atoms in total. The monoisotopic (exact) mass is 535 g/mol. The van der Waals surface area contributed by atoms with E-state index in [1.807, 2.05) is 41.3 Å². The van der Waals surface area contributed by atoms with Crippen molar-refractivity contribution in [3.63, 3.8) is 0 Å². The lowest BCUT2D eigenvalue weighted by atomic mass is 10.0. The number of hydrogen-bond acceptors (Lipinski definition) is 6. The number of nitrogens with one attached hydrogen (secondary N) is 1. The van der Waals surface area contributed by atoms with E-state index in [0.717, 1.165) is 5.69 Å². The van der Waals surface area contributed by atoms with Gasteiger partial charge in [-0.15, -0.1) is 0 Å². The molecule has 188 valence electrons. The number of nitrogens with zero attached hydrogens (tertiary/aromatic N) is 2. The molecule has 0 radical (unpaired) electrons. The Bertz CT molecular complexity index is 1480. The Labute approximate surface area is 223 Å². The summed E-state index contributed by atoms with van der Waals surface area (Å²) in [7, 11) is 3.17. The highest BCUT2D eigenvalue weighted by molar-refractivity contribution is 7.80. The van der Waals surface area contributed by atoms with Crippen LogP contribution in [0, 0.1) is 0 Å². The smallest absolute Gasteiger partial charge is 0.335 e. The zero-order chi connectivity index (χ0) is 26.1. The lowest BCUT2D eigenvalue weighted by Crippen LogP contribution is -2.29. The van der Waals surface area contributed by atoms with Crippen LogP contribution in [0.5, 0.6) is 11.5 Å². The van der Waals surface area contributed by atoms with Gasteiger partial charge in [0.15, 0.2) is 5.11 Å². The van der Waals surface area contributed by atoms with Crippen molar-refractivity contribution in [2.24, 2.45) is 0 Å². The van der Waals surface area contributed by atoms with Gasteiger partial charge in [-0.1, -0.05) is 17.7 Å². The van der Waals surface area contributed by atoms with Crippen molar-refractivity contribution < 1.29 is 23.8 Å². The van der Waals surface area contributed by atoms with Gasteiger partial charge in [0.25, 0.3) is 0 Å². The second-order valence-electron chi connectivity index (χ2n) is 8.24. The topological polar surface area (TPSA) is 97.1 Å². The quantitative estimate of drug-likeness (QED) is 0.281. The standard InChI is InChI=1S/C27H22ClN3O5S/c1-34-16-7-9-20(23(14-16)35-2)31-25(24(30-27(31)37)19-5-3-4-12-29-19)22-11-10-21(36-22)17-13-15(26(32)33)6-8-18(17)28/h3-14,24-25H,1-2H3,(H,30,37)(H,32,33)/t24-,25-/m1/s1. The Balaban J connectivity index is 1.63. The van der Waals surface area contributed by atoms with Gasteiger partial charge in [-0.05, 0) is 66.8 Å². The molecule has 3 heterocycles. The molecule has 1 fully saturated rings. The predicted molar refractivity (Wildman–Crippen MR) is 144 cm³/mol. The van der Waals surface area contributed by atoms with Crippen LogP contribution in [-0.2, 0) is 0 Å². The highest BCUT2D eigenvalue weighted by atomic mass is 35.5. The van der Waals surface area contributed by atoms with Crippen molar-refractivity contribution in [1.82, 2.24) is 10.3 Å². The van der Waals surface area contributed by atoms with Gasteiger partial charge in [0.05, 0.1) is 42.2 Å². The first kappa shape index (κ1) is 24.6. The van der Waals surface area contributed by atoms with Crippen LogP contribution < -0.4 is 19.7 Å². The molecule has 1 aliphatic rings. The van der Waals surface area contributed by atoms with Crippen molar-refractivity contribution >= 4 is 40.6 Å². The molecule has 1 saturated heterocycles. The molecular weight excluding hydrogens is 514 g/mol. The van der Waals surface area contributed by atoms with Crippen molar-refractivity contribution in [2.45, 2.75) is 12.1 Å². The molecule has 2 N–H and O–H groups in total.